The lowest BCUT2D eigenvalue weighted by atomic mass is 10.1. The largest absolute Gasteiger partial charge is 0.357 e. The molecule has 3 rings (SSSR count). The number of nitrogens with zero attached hydrogens (tertiary/aromatic N) is 2. The molecule has 128 valence electrons. The molecule has 5 nitrogen and oxygen atoms in total. The maximum atomic E-state index is 13.2. The zero-order valence-electron chi connectivity index (χ0n) is 13.0. The number of benzene rings is 1. The van der Waals surface area contributed by atoms with E-state index in [-0.39, 0.29) is 5.56 Å². The summed E-state index contributed by atoms with van der Waals surface area (Å²) in [6, 6.07) is 3.05. The van der Waals surface area contributed by atoms with Gasteiger partial charge in [-0.3, -0.25) is 10.1 Å². The molecule has 1 aliphatic carbocycles. The molecule has 2 N–H and O–H groups in total. The average molecular weight is 352 g/mol. The van der Waals surface area contributed by atoms with Crippen LogP contribution >= 0.6 is 11.3 Å². The lowest BCUT2D eigenvalue weighted by Gasteiger charge is -2.14. The Labute approximate surface area is 142 Å². The van der Waals surface area contributed by atoms with Crippen LogP contribution in [0.5, 0.6) is 0 Å². The molecule has 0 bridgehead atoms. The number of halogens is 2. The van der Waals surface area contributed by atoms with Crippen molar-refractivity contribution in [3.8, 4) is 0 Å². The zero-order chi connectivity index (χ0) is 16.9. The zero-order valence-corrected chi connectivity index (χ0v) is 13.8. The lowest BCUT2D eigenvalue weighted by Crippen LogP contribution is -2.17. The summed E-state index contributed by atoms with van der Waals surface area (Å²) in [5.41, 5.74) is -0.0963. The van der Waals surface area contributed by atoms with Crippen molar-refractivity contribution in [2.45, 2.75) is 44.6 Å². The second-order valence-corrected chi connectivity index (χ2v) is 6.83. The number of hydrogen-bond donors (Lipinski definition) is 2. The summed E-state index contributed by atoms with van der Waals surface area (Å²) in [5, 5.41) is 14.7. The van der Waals surface area contributed by atoms with E-state index in [0.29, 0.717) is 16.3 Å². The molecule has 1 aliphatic rings. The maximum absolute atomic E-state index is 13.2. The molecule has 0 unspecified atom stereocenters. The SMILES string of the molecule is O=C(Nc1nnc(NC2CCCCCC2)s1)c1cc(F)cc(F)c1. The highest BCUT2D eigenvalue weighted by atomic mass is 32.1. The Morgan fingerprint density at radius 3 is 2.29 bits per heavy atom. The van der Waals surface area contributed by atoms with Gasteiger partial charge in [0.15, 0.2) is 0 Å². The Morgan fingerprint density at radius 2 is 1.62 bits per heavy atom. The third kappa shape index (κ3) is 4.47. The Balaban J connectivity index is 1.61. The van der Waals surface area contributed by atoms with Crippen LogP contribution in [0.25, 0.3) is 0 Å². The van der Waals surface area contributed by atoms with E-state index in [1.807, 2.05) is 0 Å². The molecule has 1 fully saturated rings. The van der Waals surface area contributed by atoms with Gasteiger partial charge >= 0.3 is 0 Å². The van der Waals surface area contributed by atoms with Gasteiger partial charge in [-0.05, 0) is 25.0 Å². The Morgan fingerprint density at radius 1 is 1.00 bits per heavy atom. The van der Waals surface area contributed by atoms with E-state index >= 15 is 0 Å². The Kier molecular flexibility index (Phi) is 5.34. The van der Waals surface area contributed by atoms with Crippen LogP contribution in [0.3, 0.4) is 0 Å². The van der Waals surface area contributed by atoms with E-state index < -0.39 is 17.5 Å². The first-order chi connectivity index (χ1) is 11.6. The molecule has 1 aromatic heterocycles. The molecule has 0 aliphatic heterocycles. The first kappa shape index (κ1) is 16.8. The Bertz CT molecular complexity index is 694. The minimum atomic E-state index is -0.798. The van der Waals surface area contributed by atoms with Gasteiger partial charge in [-0.1, -0.05) is 37.0 Å². The van der Waals surface area contributed by atoms with Gasteiger partial charge in [-0.2, -0.15) is 0 Å². The summed E-state index contributed by atoms with van der Waals surface area (Å²) >= 11 is 1.21. The monoisotopic (exact) mass is 352 g/mol. The van der Waals surface area contributed by atoms with Crippen LogP contribution in [0.2, 0.25) is 0 Å². The fourth-order valence-corrected chi connectivity index (χ4v) is 3.50. The molecular formula is C16H18F2N4OS. The summed E-state index contributed by atoms with van der Waals surface area (Å²) in [6.45, 7) is 0. The van der Waals surface area contributed by atoms with Gasteiger partial charge in [0.1, 0.15) is 11.6 Å². The molecular weight excluding hydrogens is 334 g/mol. The van der Waals surface area contributed by atoms with Crippen LogP contribution in [-0.4, -0.2) is 22.1 Å². The molecule has 8 heteroatoms. The van der Waals surface area contributed by atoms with Gasteiger partial charge < -0.3 is 5.32 Å². The van der Waals surface area contributed by atoms with Crippen molar-refractivity contribution in [3.05, 3.63) is 35.4 Å². The van der Waals surface area contributed by atoms with Gasteiger partial charge in [0.25, 0.3) is 5.91 Å². The van der Waals surface area contributed by atoms with E-state index in [1.54, 1.807) is 0 Å². The average Bonchev–Trinajstić information content (AvgIpc) is 2.79. The summed E-state index contributed by atoms with van der Waals surface area (Å²) in [5.74, 6) is -2.22. The van der Waals surface area contributed by atoms with Gasteiger partial charge in [0.05, 0.1) is 0 Å². The minimum Gasteiger partial charge on any atom is -0.357 e. The molecule has 24 heavy (non-hydrogen) atoms. The smallest absolute Gasteiger partial charge is 0.257 e. The van der Waals surface area contributed by atoms with Gasteiger partial charge in [0.2, 0.25) is 10.3 Å². The second-order valence-electron chi connectivity index (χ2n) is 5.86. The summed E-state index contributed by atoms with van der Waals surface area (Å²) in [4.78, 5) is 12.0. The molecule has 0 atom stereocenters. The second kappa shape index (κ2) is 7.65. The first-order valence-corrected chi connectivity index (χ1v) is 8.79. The van der Waals surface area contributed by atoms with Crippen LogP contribution in [0.4, 0.5) is 19.0 Å². The van der Waals surface area contributed by atoms with Crippen molar-refractivity contribution in [2.24, 2.45) is 0 Å². The third-order valence-corrected chi connectivity index (χ3v) is 4.72. The van der Waals surface area contributed by atoms with Crippen molar-refractivity contribution in [2.75, 3.05) is 10.6 Å². The van der Waals surface area contributed by atoms with E-state index in [0.717, 1.165) is 31.0 Å². The van der Waals surface area contributed by atoms with E-state index in [2.05, 4.69) is 20.8 Å². The van der Waals surface area contributed by atoms with Crippen molar-refractivity contribution in [1.82, 2.24) is 10.2 Å². The van der Waals surface area contributed by atoms with Gasteiger partial charge in [-0.25, -0.2) is 8.78 Å². The standard InChI is InChI=1S/C16H18F2N4OS/c17-11-7-10(8-12(18)9-11)14(23)20-16-22-21-15(24-16)19-13-5-3-1-2-4-6-13/h7-9,13H,1-6H2,(H,19,21)(H,20,22,23). The number of anilines is 2. The van der Waals surface area contributed by atoms with E-state index in [9.17, 15) is 13.6 Å². The van der Waals surface area contributed by atoms with Crippen molar-refractivity contribution in [3.63, 3.8) is 0 Å². The van der Waals surface area contributed by atoms with E-state index in [4.69, 9.17) is 0 Å². The third-order valence-electron chi connectivity index (χ3n) is 3.95. The maximum Gasteiger partial charge on any atom is 0.257 e. The number of carbonyl (C=O) groups is 1. The predicted molar refractivity (Wildman–Crippen MR) is 89.3 cm³/mol. The summed E-state index contributed by atoms with van der Waals surface area (Å²) < 4.78 is 26.3. The van der Waals surface area contributed by atoms with Crippen molar-refractivity contribution >= 4 is 27.5 Å². The van der Waals surface area contributed by atoms with Crippen LogP contribution in [0, 0.1) is 11.6 Å². The number of carbonyl (C=O) groups excluding carboxylic acids is 1. The van der Waals surface area contributed by atoms with Crippen LogP contribution in [0.1, 0.15) is 48.9 Å². The number of hydrogen-bond acceptors (Lipinski definition) is 5. The van der Waals surface area contributed by atoms with Crippen molar-refractivity contribution in [1.29, 1.82) is 0 Å². The highest BCUT2D eigenvalue weighted by Crippen LogP contribution is 2.25. The van der Waals surface area contributed by atoms with Crippen LogP contribution in [-0.2, 0) is 0 Å². The fraction of sp³-hybridized carbons (Fsp3) is 0.438. The number of nitrogens with one attached hydrogen (secondary N) is 2. The molecule has 1 heterocycles. The topological polar surface area (TPSA) is 66.9 Å². The minimum absolute atomic E-state index is 0.0963. The van der Waals surface area contributed by atoms with Crippen molar-refractivity contribution < 1.29 is 13.6 Å². The molecule has 0 saturated heterocycles. The molecule has 0 radical (unpaired) electrons. The van der Waals surface area contributed by atoms with Gasteiger partial charge in [0, 0.05) is 17.7 Å². The lowest BCUT2D eigenvalue weighted by molar-refractivity contribution is 0.102. The molecule has 1 saturated carbocycles. The van der Waals surface area contributed by atoms with Gasteiger partial charge in [-0.15, -0.1) is 10.2 Å². The molecule has 2 aromatic rings. The predicted octanol–water partition coefficient (Wildman–Crippen LogP) is 4.20. The van der Waals surface area contributed by atoms with Crippen LogP contribution in [0.15, 0.2) is 18.2 Å². The highest BCUT2D eigenvalue weighted by molar-refractivity contribution is 7.19. The normalized spacial score (nSPS) is 15.8. The highest BCUT2D eigenvalue weighted by Gasteiger charge is 2.16. The fourth-order valence-electron chi connectivity index (χ4n) is 2.78. The Hall–Kier alpha value is -2.09. The van der Waals surface area contributed by atoms with Crippen LogP contribution < -0.4 is 10.6 Å². The first-order valence-electron chi connectivity index (χ1n) is 7.97. The van der Waals surface area contributed by atoms with E-state index in [1.165, 1.54) is 37.0 Å². The molecule has 0 spiro atoms. The quantitative estimate of drug-likeness (QED) is 0.809. The summed E-state index contributed by atoms with van der Waals surface area (Å²) in [6.07, 6.45) is 7.13. The summed E-state index contributed by atoms with van der Waals surface area (Å²) in [7, 11) is 0. The number of amides is 1. The molecule has 1 amide bonds. The number of rotatable bonds is 4. The molecule has 1 aromatic carbocycles. The number of aromatic nitrogens is 2.